The van der Waals surface area contributed by atoms with Gasteiger partial charge in [-0.2, -0.15) is 17.5 Å². The number of pyridine rings is 1. The Bertz CT molecular complexity index is 1190. The number of sulfonamides is 1. The van der Waals surface area contributed by atoms with E-state index in [2.05, 4.69) is 31.1 Å². The number of aromatic nitrogens is 1. The number of anilines is 1. The summed E-state index contributed by atoms with van der Waals surface area (Å²) in [5.74, 6) is -2.07. The number of halogens is 3. The number of alkyl halides is 3. The van der Waals surface area contributed by atoms with Crippen molar-refractivity contribution in [2.24, 2.45) is 17.3 Å². The monoisotopic (exact) mass is 563 g/mol. The van der Waals surface area contributed by atoms with Crippen LogP contribution in [-0.4, -0.2) is 78.0 Å². The van der Waals surface area contributed by atoms with Crippen LogP contribution in [0.15, 0.2) is 35.4 Å². The number of carboxylic acids is 1. The Balaban J connectivity index is 0.000000638. The molecular formula is C25H36F3N3O6S. The van der Waals surface area contributed by atoms with Crippen molar-refractivity contribution >= 4 is 32.6 Å². The van der Waals surface area contributed by atoms with Crippen LogP contribution >= 0.6 is 0 Å². The first kappa shape index (κ1) is 31.7. The summed E-state index contributed by atoms with van der Waals surface area (Å²) in [5.41, 5.74) is 0.101. The van der Waals surface area contributed by atoms with Gasteiger partial charge in [-0.05, 0) is 60.1 Å². The zero-order chi connectivity index (χ0) is 28.7. The molecule has 1 aromatic carbocycles. The van der Waals surface area contributed by atoms with E-state index in [4.69, 9.17) is 9.90 Å². The number of aliphatic carboxylic acids is 1. The van der Waals surface area contributed by atoms with Gasteiger partial charge in [0.05, 0.1) is 4.90 Å². The third-order valence-corrected chi connectivity index (χ3v) is 7.94. The molecule has 0 radical (unpaired) electrons. The van der Waals surface area contributed by atoms with Gasteiger partial charge in [0.1, 0.15) is 5.82 Å². The number of aliphatic hydroxyl groups is 2. The van der Waals surface area contributed by atoms with Gasteiger partial charge in [0.15, 0.2) is 0 Å². The SMILES string of the molecule is CC(C)(C)CC(CO)CNc1nccc2ccc(S(=O)(=O)N3CCCC(CO)C3)cc12.O=C(O)C(F)(F)F. The summed E-state index contributed by atoms with van der Waals surface area (Å²) in [6.45, 7) is 7.89. The van der Waals surface area contributed by atoms with Gasteiger partial charge in [0.25, 0.3) is 0 Å². The molecule has 0 saturated carbocycles. The summed E-state index contributed by atoms with van der Waals surface area (Å²) in [6.07, 6.45) is -0.920. The van der Waals surface area contributed by atoms with Gasteiger partial charge < -0.3 is 20.6 Å². The first-order valence-corrected chi connectivity index (χ1v) is 13.7. The first-order chi connectivity index (χ1) is 17.6. The maximum atomic E-state index is 13.2. The number of nitrogens with zero attached hydrogens (tertiary/aromatic N) is 2. The van der Waals surface area contributed by atoms with Gasteiger partial charge in [-0.1, -0.05) is 26.8 Å². The van der Waals surface area contributed by atoms with E-state index in [-0.39, 0.29) is 35.4 Å². The van der Waals surface area contributed by atoms with E-state index in [0.717, 1.165) is 30.0 Å². The number of hydrogen-bond donors (Lipinski definition) is 4. The molecule has 1 aliphatic heterocycles. The van der Waals surface area contributed by atoms with E-state index in [0.29, 0.717) is 25.5 Å². The maximum absolute atomic E-state index is 13.2. The summed E-state index contributed by atoms with van der Waals surface area (Å²) in [7, 11) is -3.65. The minimum Gasteiger partial charge on any atom is -0.475 e. The lowest BCUT2D eigenvalue weighted by molar-refractivity contribution is -0.192. The molecule has 0 aliphatic carbocycles. The molecule has 2 unspecified atom stereocenters. The second kappa shape index (κ2) is 13.0. The van der Waals surface area contributed by atoms with Crippen molar-refractivity contribution in [1.29, 1.82) is 0 Å². The Morgan fingerprint density at radius 1 is 1.21 bits per heavy atom. The smallest absolute Gasteiger partial charge is 0.475 e. The van der Waals surface area contributed by atoms with Crippen LogP contribution in [0.1, 0.15) is 40.0 Å². The molecule has 0 bridgehead atoms. The van der Waals surface area contributed by atoms with E-state index < -0.39 is 22.2 Å². The molecule has 0 spiro atoms. The van der Waals surface area contributed by atoms with Crippen LogP contribution in [0.25, 0.3) is 10.8 Å². The number of carboxylic acid groups (broad SMARTS) is 1. The average Bonchev–Trinajstić information content (AvgIpc) is 2.85. The second-order valence-corrected chi connectivity index (χ2v) is 12.5. The fourth-order valence-corrected chi connectivity index (χ4v) is 5.88. The van der Waals surface area contributed by atoms with Gasteiger partial charge >= 0.3 is 12.1 Å². The summed E-state index contributed by atoms with van der Waals surface area (Å²) >= 11 is 0. The van der Waals surface area contributed by atoms with E-state index in [1.807, 2.05) is 6.07 Å². The van der Waals surface area contributed by atoms with Crippen LogP contribution in [0.2, 0.25) is 0 Å². The van der Waals surface area contributed by atoms with Crippen molar-refractivity contribution in [1.82, 2.24) is 9.29 Å². The zero-order valence-electron chi connectivity index (χ0n) is 21.7. The minimum atomic E-state index is -5.08. The highest BCUT2D eigenvalue weighted by Gasteiger charge is 2.38. The Morgan fingerprint density at radius 2 is 1.87 bits per heavy atom. The quantitative estimate of drug-likeness (QED) is 0.381. The fourth-order valence-electron chi connectivity index (χ4n) is 4.30. The number of rotatable bonds is 8. The average molecular weight is 564 g/mol. The molecule has 2 aromatic rings. The molecule has 1 aromatic heterocycles. The van der Waals surface area contributed by atoms with Crippen molar-refractivity contribution in [3.8, 4) is 0 Å². The van der Waals surface area contributed by atoms with E-state index >= 15 is 0 Å². The van der Waals surface area contributed by atoms with Gasteiger partial charge in [-0.3, -0.25) is 0 Å². The minimum absolute atomic E-state index is 0.00230. The van der Waals surface area contributed by atoms with Crippen molar-refractivity contribution in [2.45, 2.75) is 51.1 Å². The largest absolute Gasteiger partial charge is 0.490 e. The number of piperidine rings is 1. The fraction of sp³-hybridized carbons (Fsp3) is 0.600. The third-order valence-electron chi connectivity index (χ3n) is 6.08. The number of fused-ring (bicyclic) bond motifs is 1. The maximum Gasteiger partial charge on any atom is 0.490 e. The van der Waals surface area contributed by atoms with Crippen LogP contribution in [0.4, 0.5) is 19.0 Å². The molecule has 9 nitrogen and oxygen atoms in total. The standard InChI is InChI=1S/C23H35N3O4S.C2HF3O2/c1-23(2,3)12-18(16-28)13-25-22-21-11-20(7-6-19(21)8-9-24-22)31(29,30)26-10-4-5-17(14-26)15-27;3-2(4,5)1(6)7/h6-9,11,17-18,27-28H,4-5,10,12-16H2,1-3H3,(H,24,25);(H,6,7). The molecule has 2 atom stereocenters. The summed E-state index contributed by atoms with van der Waals surface area (Å²) in [5, 5.41) is 31.3. The molecule has 1 fully saturated rings. The van der Waals surface area contributed by atoms with E-state index in [1.165, 1.54) is 4.31 Å². The lowest BCUT2D eigenvalue weighted by Gasteiger charge is -2.31. The molecule has 3 rings (SSSR count). The molecule has 1 aliphatic rings. The van der Waals surface area contributed by atoms with Crippen molar-refractivity contribution in [3.63, 3.8) is 0 Å². The van der Waals surface area contributed by atoms with Crippen molar-refractivity contribution < 1.29 is 41.7 Å². The predicted molar refractivity (Wildman–Crippen MR) is 137 cm³/mol. The third kappa shape index (κ3) is 9.07. The van der Waals surface area contributed by atoms with Crippen LogP contribution in [0, 0.1) is 17.3 Å². The van der Waals surface area contributed by atoms with Crippen molar-refractivity contribution in [2.75, 3.05) is 38.2 Å². The zero-order valence-corrected chi connectivity index (χ0v) is 22.5. The molecule has 214 valence electrons. The normalized spacial score (nSPS) is 17.9. The first-order valence-electron chi connectivity index (χ1n) is 12.2. The topological polar surface area (TPSA) is 140 Å². The molecule has 2 heterocycles. The predicted octanol–water partition coefficient (Wildman–Crippen LogP) is 3.72. The Morgan fingerprint density at radius 3 is 2.42 bits per heavy atom. The highest BCUT2D eigenvalue weighted by molar-refractivity contribution is 7.89. The molecular weight excluding hydrogens is 527 g/mol. The number of benzene rings is 1. The summed E-state index contributed by atoms with van der Waals surface area (Å²) < 4.78 is 59.7. The highest BCUT2D eigenvalue weighted by atomic mass is 32.2. The van der Waals surface area contributed by atoms with Crippen LogP contribution in [-0.2, 0) is 14.8 Å². The Labute approximate surface area is 220 Å². The molecule has 0 amide bonds. The molecule has 38 heavy (non-hydrogen) atoms. The van der Waals surface area contributed by atoms with Crippen LogP contribution in [0.3, 0.4) is 0 Å². The Kier molecular flexibility index (Phi) is 10.9. The van der Waals surface area contributed by atoms with Gasteiger partial charge in [-0.25, -0.2) is 18.2 Å². The van der Waals surface area contributed by atoms with Gasteiger partial charge in [0, 0.05) is 44.4 Å². The Hall–Kier alpha value is -2.48. The molecule has 13 heteroatoms. The summed E-state index contributed by atoms with van der Waals surface area (Å²) in [4.78, 5) is 13.6. The summed E-state index contributed by atoms with van der Waals surface area (Å²) in [6, 6.07) is 6.99. The second-order valence-electron chi connectivity index (χ2n) is 10.6. The van der Waals surface area contributed by atoms with Crippen molar-refractivity contribution in [3.05, 3.63) is 30.5 Å². The van der Waals surface area contributed by atoms with Gasteiger partial charge in [0.2, 0.25) is 10.0 Å². The highest BCUT2D eigenvalue weighted by Crippen LogP contribution is 2.29. The molecule has 1 saturated heterocycles. The number of hydrogen-bond acceptors (Lipinski definition) is 7. The number of carbonyl (C=O) groups is 1. The lowest BCUT2D eigenvalue weighted by Crippen LogP contribution is -2.40. The number of aliphatic hydroxyl groups excluding tert-OH is 2. The number of nitrogens with one attached hydrogen (secondary N) is 1. The molecule has 4 N–H and O–H groups in total. The van der Waals surface area contributed by atoms with Crippen LogP contribution < -0.4 is 5.32 Å². The lowest BCUT2D eigenvalue weighted by atomic mass is 9.85. The van der Waals surface area contributed by atoms with E-state index in [9.17, 15) is 31.8 Å². The van der Waals surface area contributed by atoms with Gasteiger partial charge in [-0.15, -0.1) is 0 Å². The van der Waals surface area contributed by atoms with Crippen LogP contribution in [0.5, 0.6) is 0 Å². The van der Waals surface area contributed by atoms with E-state index in [1.54, 1.807) is 24.4 Å².